The van der Waals surface area contributed by atoms with Crippen molar-refractivity contribution in [2.24, 2.45) is 5.92 Å². The maximum absolute atomic E-state index is 12.6. The van der Waals surface area contributed by atoms with Crippen molar-refractivity contribution in [3.63, 3.8) is 0 Å². The molecule has 4 nitrogen and oxygen atoms in total. The van der Waals surface area contributed by atoms with Crippen LogP contribution in [0.1, 0.15) is 32.1 Å². The number of benzene rings is 1. The van der Waals surface area contributed by atoms with Gasteiger partial charge in [-0.05, 0) is 50.8 Å². The van der Waals surface area contributed by atoms with Crippen LogP contribution in [0.25, 0.3) is 10.8 Å². The smallest absolute Gasteiger partial charge is 0.227 e. The average molecular weight is 323 g/mol. The SMILES string of the molecule is C=CCCNC1CCC(C(=O)Nc2cccc3cnccc23)CC1. The minimum absolute atomic E-state index is 0.111. The number of hydrogen-bond acceptors (Lipinski definition) is 3. The van der Waals surface area contributed by atoms with Gasteiger partial charge < -0.3 is 10.6 Å². The van der Waals surface area contributed by atoms with Crippen LogP contribution in [0.15, 0.2) is 49.3 Å². The van der Waals surface area contributed by atoms with Gasteiger partial charge in [-0.3, -0.25) is 9.78 Å². The topological polar surface area (TPSA) is 54.0 Å². The third-order valence-electron chi connectivity index (χ3n) is 4.82. The van der Waals surface area contributed by atoms with Crippen LogP contribution in [0, 0.1) is 5.92 Å². The summed E-state index contributed by atoms with van der Waals surface area (Å²) in [6.07, 6.45) is 10.5. The van der Waals surface area contributed by atoms with Crippen molar-refractivity contribution < 1.29 is 4.79 Å². The number of rotatable bonds is 6. The predicted molar refractivity (Wildman–Crippen MR) is 98.9 cm³/mol. The van der Waals surface area contributed by atoms with Crippen LogP contribution in [0.4, 0.5) is 5.69 Å². The molecule has 1 aromatic carbocycles. The van der Waals surface area contributed by atoms with E-state index in [4.69, 9.17) is 0 Å². The summed E-state index contributed by atoms with van der Waals surface area (Å²) in [5, 5.41) is 8.76. The minimum Gasteiger partial charge on any atom is -0.325 e. The molecule has 0 spiro atoms. The summed E-state index contributed by atoms with van der Waals surface area (Å²) in [6, 6.07) is 8.42. The van der Waals surface area contributed by atoms with Crippen LogP contribution < -0.4 is 10.6 Å². The molecule has 24 heavy (non-hydrogen) atoms. The largest absolute Gasteiger partial charge is 0.325 e. The molecule has 0 radical (unpaired) electrons. The van der Waals surface area contributed by atoms with Crippen molar-refractivity contribution >= 4 is 22.4 Å². The van der Waals surface area contributed by atoms with Gasteiger partial charge in [0.1, 0.15) is 0 Å². The Morgan fingerprint density at radius 3 is 2.88 bits per heavy atom. The monoisotopic (exact) mass is 323 g/mol. The van der Waals surface area contributed by atoms with Crippen molar-refractivity contribution in [3.8, 4) is 0 Å². The molecule has 1 aliphatic carbocycles. The molecule has 0 atom stereocenters. The second kappa shape index (κ2) is 8.06. The Labute approximate surface area is 143 Å². The van der Waals surface area contributed by atoms with Crippen LogP contribution in [0.3, 0.4) is 0 Å². The predicted octanol–water partition coefficient (Wildman–Crippen LogP) is 3.90. The molecule has 3 rings (SSSR count). The van der Waals surface area contributed by atoms with E-state index in [0.29, 0.717) is 6.04 Å². The maximum Gasteiger partial charge on any atom is 0.227 e. The lowest BCUT2D eigenvalue weighted by molar-refractivity contribution is -0.120. The first kappa shape index (κ1) is 16.7. The molecule has 2 aromatic rings. The summed E-state index contributed by atoms with van der Waals surface area (Å²) in [5.74, 6) is 0.253. The van der Waals surface area contributed by atoms with E-state index in [1.165, 1.54) is 0 Å². The van der Waals surface area contributed by atoms with E-state index in [1.54, 1.807) is 6.20 Å². The standard InChI is InChI=1S/C20H25N3O/c1-2-3-12-22-17-9-7-15(8-10-17)20(24)23-19-6-4-5-16-14-21-13-11-18(16)19/h2,4-6,11,13-15,17,22H,1,3,7-10,12H2,(H,23,24). The third kappa shape index (κ3) is 4.01. The van der Waals surface area contributed by atoms with Crippen molar-refractivity contribution in [2.45, 2.75) is 38.1 Å². The van der Waals surface area contributed by atoms with E-state index in [0.717, 1.165) is 55.1 Å². The van der Waals surface area contributed by atoms with Gasteiger partial charge in [0.05, 0.1) is 0 Å². The molecule has 2 N–H and O–H groups in total. The second-order valence-electron chi connectivity index (χ2n) is 6.47. The molecule has 1 aliphatic rings. The summed E-state index contributed by atoms with van der Waals surface area (Å²) in [4.78, 5) is 16.8. The number of amides is 1. The minimum atomic E-state index is 0.111. The summed E-state index contributed by atoms with van der Waals surface area (Å²) in [7, 11) is 0. The van der Waals surface area contributed by atoms with Crippen molar-refractivity contribution in [1.82, 2.24) is 10.3 Å². The zero-order valence-corrected chi connectivity index (χ0v) is 14.0. The fraction of sp³-hybridized carbons (Fsp3) is 0.400. The van der Waals surface area contributed by atoms with E-state index in [9.17, 15) is 4.79 Å². The highest BCUT2D eigenvalue weighted by molar-refractivity contribution is 6.02. The van der Waals surface area contributed by atoms with Gasteiger partial charge >= 0.3 is 0 Å². The highest BCUT2D eigenvalue weighted by Crippen LogP contribution is 2.27. The van der Waals surface area contributed by atoms with Crippen LogP contribution in [-0.4, -0.2) is 23.5 Å². The molecule has 4 heteroatoms. The summed E-state index contributed by atoms with van der Waals surface area (Å²) in [5.41, 5.74) is 0.881. The molecule has 1 aromatic heterocycles. The first-order valence-electron chi connectivity index (χ1n) is 8.76. The first-order valence-corrected chi connectivity index (χ1v) is 8.76. The van der Waals surface area contributed by atoms with E-state index >= 15 is 0 Å². The Balaban J connectivity index is 1.57. The fourth-order valence-corrected chi connectivity index (χ4v) is 3.42. The van der Waals surface area contributed by atoms with Crippen LogP contribution >= 0.6 is 0 Å². The molecule has 1 fully saturated rings. The van der Waals surface area contributed by atoms with Crippen LogP contribution in [0.2, 0.25) is 0 Å². The average Bonchev–Trinajstić information content (AvgIpc) is 2.63. The number of carbonyl (C=O) groups is 1. The number of nitrogens with zero attached hydrogens (tertiary/aromatic N) is 1. The maximum atomic E-state index is 12.6. The van der Waals surface area contributed by atoms with Gasteiger partial charge in [-0.15, -0.1) is 6.58 Å². The molecular formula is C20H25N3O. The van der Waals surface area contributed by atoms with Gasteiger partial charge in [0.15, 0.2) is 0 Å². The molecule has 1 saturated carbocycles. The summed E-state index contributed by atoms with van der Waals surface area (Å²) in [6.45, 7) is 4.72. The number of hydrogen-bond donors (Lipinski definition) is 2. The van der Waals surface area contributed by atoms with Gasteiger partial charge in [-0.25, -0.2) is 0 Å². The fourth-order valence-electron chi connectivity index (χ4n) is 3.42. The number of fused-ring (bicyclic) bond motifs is 1. The molecule has 0 aliphatic heterocycles. The summed E-state index contributed by atoms with van der Waals surface area (Å²) < 4.78 is 0. The Morgan fingerprint density at radius 1 is 1.25 bits per heavy atom. The molecule has 0 unspecified atom stereocenters. The molecular weight excluding hydrogens is 298 g/mol. The quantitative estimate of drug-likeness (QED) is 0.626. The van der Waals surface area contributed by atoms with Crippen molar-refractivity contribution in [3.05, 3.63) is 49.3 Å². The van der Waals surface area contributed by atoms with Crippen molar-refractivity contribution in [1.29, 1.82) is 0 Å². The zero-order valence-electron chi connectivity index (χ0n) is 14.0. The molecule has 1 heterocycles. The highest BCUT2D eigenvalue weighted by atomic mass is 16.1. The third-order valence-corrected chi connectivity index (χ3v) is 4.82. The lowest BCUT2D eigenvalue weighted by Crippen LogP contribution is -2.36. The van der Waals surface area contributed by atoms with E-state index in [1.807, 2.05) is 36.5 Å². The van der Waals surface area contributed by atoms with Crippen LogP contribution in [0.5, 0.6) is 0 Å². The highest BCUT2D eigenvalue weighted by Gasteiger charge is 2.26. The van der Waals surface area contributed by atoms with Gasteiger partial charge in [-0.1, -0.05) is 18.2 Å². The van der Waals surface area contributed by atoms with Gasteiger partial charge in [0.25, 0.3) is 0 Å². The normalized spacial score (nSPS) is 20.7. The van der Waals surface area contributed by atoms with E-state index in [-0.39, 0.29) is 11.8 Å². The number of nitrogens with one attached hydrogen (secondary N) is 2. The first-order chi connectivity index (χ1) is 11.8. The number of carbonyl (C=O) groups excluding carboxylic acids is 1. The summed E-state index contributed by atoms with van der Waals surface area (Å²) >= 11 is 0. The Hall–Kier alpha value is -2.20. The molecule has 126 valence electrons. The second-order valence-corrected chi connectivity index (χ2v) is 6.47. The van der Waals surface area contributed by atoms with E-state index < -0.39 is 0 Å². The van der Waals surface area contributed by atoms with Gasteiger partial charge in [-0.2, -0.15) is 0 Å². The van der Waals surface area contributed by atoms with Crippen molar-refractivity contribution in [2.75, 3.05) is 11.9 Å². The van der Waals surface area contributed by atoms with Gasteiger partial charge in [0, 0.05) is 40.8 Å². The van der Waals surface area contributed by atoms with Gasteiger partial charge in [0.2, 0.25) is 5.91 Å². The van der Waals surface area contributed by atoms with Crippen LogP contribution in [-0.2, 0) is 4.79 Å². The zero-order chi connectivity index (χ0) is 16.8. The Bertz CT molecular complexity index is 700. The van der Waals surface area contributed by atoms with E-state index in [2.05, 4.69) is 22.2 Å². The number of aromatic nitrogens is 1. The molecule has 0 bridgehead atoms. The molecule has 0 saturated heterocycles. The molecule has 1 amide bonds. The lowest BCUT2D eigenvalue weighted by Gasteiger charge is -2.28. The lowest BCUT2D eigenvalue weighted by atomic mass is 9.85. The Morgan fingerprint density at radius 2 is 2.08 bits per heavy atom. The Kier molecular flexibility index (Phi) is 5.59. The number of anilines is 1. The number of pyridine rings is 1.